The smallest absolute Gasteiger partial charge is 0.411 e. The van der Waals surface area contributed by atoms with Gasteiger partial charge in [-0.15, -0.1) is 11.3 Å². The first-order chi connectivity index (χ1) is 30.6. The van der Waals surface area contributed by atoms with Gasteiger partial charge in [-0.2, -0.15) is 0 Å². The van der Waals surface area contributed by atoms with Crippen molar-refractivity contribution in [2.75, 3.05) is 13.7 Å². The number of fused-ring (bicyclic) bond motifs is 6. The number of halogens is 1. The van der Waals surface area contributed by atoms with E-state index in [2.05, 4.69) is 50.0 Å². The Bertz CT molecular complexity index is 2750. The number of hydrogen-bond acceptors (Lipinski definition) is 9. The number of ether oxygens (including phenoxy) is 3. The number of benzene rings is 2. The molecule has 2 aliphatic heterocycles. The third-order valence-electron chi connectivity index (χ3n) is 12.3. The second-order valence-electron chi connectivity index (χ2n) is 18.4. The number of nitrogens with zero attached hydrogens (tertiary/aromatic N) is 5. The van der Waals surface area contributed by atoms with E-state index >= 15 is 4.39 Å². The highest BCUT2D eigenvalue weighted by Gasteiger charge is 2.56. The first-order valence-electron chi connectivity index (χ1n) is 22.1. The Labute approximate surface area is 375 Å². The predicted octanol–water partition coefficient (Wildman–Crippen LogP) is 9.98. The van der Waals surface area contributed by atoms with Gasteiger partial charge in [-0.25, -0.2) is 23.9 Å². The molecular weight excluding hydrogens is 836 g/mol. The maximum Gasteiger partial charge on any atom is 0.411 e. The summed E-state index contributed by atoms with van der Waals surface area (Å²) in [7, 11) is 1.26. The van der Waals surface area contributed by atoms with Gasteiger partial charge in [0.25, 0.3) is 0 Å². The Morgan fingerprint density at radius 2 is 1.80 bits per heavy atom. The number of aryl methyl sites for hydroxylation is 1. The van der Waals surface area contributed by atoms with Crippen molar-refractivity contribution in [3.8, 4) is 39.5 Å². The Balaban J connectivity index is 1.03. The number of rotatable bonds is 12. The Hall–Kier alpha value is -6.16. The Morgan fingerprint density at radius 3 is 2.52 bits per heavy atom. The number of piperidine rings is 1. The predicted molar refractivity (Wildman–Crippen MR) is 242 cm³/mol. The summed E-state index contributed by atoms with van der Waals surface area (Å²) in [6.07, 6.45) is 5.31. The zero-order valence-corrected chi connectivity index (χ0v) is 38.3. The molecule has 14 nitrogen and oxygen atoms in total. The van der Waals surface area contributed by atoms with Crippen LogP contribution in [0, 0.1) is 17.7 Å². The SMILES string of the molecule is CCCN(Cc1ncc(-c2cc(F)c3c(c2)OC(c2ccc(CC)s2)n2c-3cc3cc(-c4cnc([C@@H]5C[C@H]6C[C@H]6N5C(=O)OC(C)(C)C)[nH]4)ccc32)[nH]1)C(=O)[C@@H](NC(=O)OC)C(C)C. The van der Waals surface area contributed by atoms with E-state index in [1.807, 2.05) is 76.9 Å². The minimum absolute atomic E-state index is 0.164. The standard InChI is InChI=1S/C48H55FN8O6S/c1-9-15-55(44(58)42(25(3)4)54-46(59)61-8)24-40-50-22-33(52-40)27-17-31(49)41-36-19-28-16-26(11-13-34(28)56(36)45(62-38(41)21-27)39-14-12-30(10-2)64-39)32-23-51-43(53-32)37-20-29-18-35(29)57(37)47(60)63-48(5,6)7/h11-14,16-17,19,21-23,25,29,35,37,42,45H,9-10,15,18,20,24H2,1-8H3,(H,50,52)(H,51,53)(H,54,59)/t29-,35-,37+,42+,45?/m1/s1. The zero-order valence-electron chi connectivity index (χ0n) is 37.5. The van der Waals surface area contributed by atoms with Crippen molar-refractivity contribution in [2.45, 2.75) is 111 Å². The van der Waals surface area contributed by atoms with Crippen LogP contribution >= 0.6 is 11.3 Å². The van der Waals surface area contributed by atoms with Crippen molar-refractivity contribution in [3.63, 3.8) is 0 Å². The third-order valence-corrected chi connectivity index (χ3v) is 13.6. The van der Waals surface area contributed by atoms with Gasteiger partial charge in [0, 0.05) is 34.0 Å². The van der Waals surface area contributed by atoms with Crippen LogP contribution in [0.15, 0.2) is 60.9 Å². The highest BCUT2D eigenvalue weighted by atomic mass is 32.1. The minimum atomic E-state index is -0.781. The van der Waals surface area contributed by atoms with E-state index in [4.69, 9.17) is 19.2 Å². The number of carbonyl (C=O) groups is 3. The van der Waals surface area contributed by atoms with Gasteiger partial charge < -0.3 is 34.4 Å². The van der Waals surface area contributed by atoms with Crippen LogP contribution < -0.4 is 10.1 Å². The van der Waals surface area contributed by atoms with E-state index in [0.717, 1.165) is 52.1 Å². The highest BCUT2D eigenvalue weighted by Crippen LogP contribution is 2.54. The number of likely N-dealkylation sites (tertiary alicyclic amines) is 1. The Kier molecular flexibility index (Phi) is 11.3. The molecule has 64 heavy (non-hydrogen) atoms. The number of aromatic amines is 2. The lowest BCUT2D eigenvalue weighted by Gasteiger charge is -2.30. The average Bonchev–Trinajstić information content (AvgIpc) is 3.90. The number of aromatic nitrogens is 5. The second kappa shape index (κ2) is 16.8. The molecule has 6 aromatic rings. The average molecular weight is 891 g/mol. The fourth-order valence-electron chi connectivity index (χ4n) is 9.14. The molecule has 2 aromatic carbocycles. The summed E-state index contributed by atoms with van der Waals surface area (Å²) in [5, 5.41) is 3.57. The van der Waals surface area contributed by atoms with Gasteiger partial charge in [-0.3, -0.25) is 14.3 Å². The molecule has 5 atom stereocenters. The van der Waals surface area contributed by atoms with Crippen LogP contribution in [0.25, 0.3) is 44.7 Å². The van der Waals surface area contributed by atoms with Crippen molar-refractivity contribution >= 4 is 40.3 Å². The molecule has 2 fully saturated rings. The monoisotopic (exact) mass is 890 g/mol. The zero-order chi connectivity index (χ0) is 45.2. The first-order valence-corrected chi connectivity index (χ1v) is 22.9. The molecule has 0 spiro atoms. The summed E-state index contributed by atoms with van der Waals surface area (Å²) >= 11 is 1.67. The van der Waals surface area contributed by atoms with E-state index in [9.17, 15) is 14.4 Å². The van der Waals surface area contributed by atoms with Crippen molar-refractivity contribution in [3.05, 3.63) is 88.1 Å². The number of thiophene rings is 1. The molecule has 0 bridgehead atoms. The maximum atomic E-state index is 16.8. The second-order valence-corrected chi connectivity index (χ2v) is 19.6. The lowest BCUT2D eigenvalue weighted by Crippen LogP contribution is -2.51. The van der Waals surface area contributed by atoms with Crippen LogP contribution in [-0.4, -0.2) is 83.7 Å². The molecule has 16 heteroatoms. The van der Waals surface area contributed by atoms with Crippen LogP contribution in [0.2, 0.25) is 0 Å². The number of carbonyl (C=O) groups excluding carboxylic acids is 3. The van der Waals surface area contributed by atoms with Gasteiger partial charge in [0.2, 0.25) is 12.1 Å². The number of nitrogens with one attached hydrogen (secondary N) is 3. The fourth-order valence-corrected chi connectivity index (χ4v) is 10.1. The van der Waals surface area contributed by atoms with E-state index in [1.165, 1.54) is 18.1 Å². The summed E-state index contributed by atoms with van der Waals surface area (Å²) in [6, 6.07) is 14.9. The summed E-state index contributed by atoms with van der Waals surface area (Å²) < 4.78 is 36.2. The van der Waals surface area contributed by atoms with E-state index < -0.39 is 29.8 Å². The van der Waals surface area contributed by atoms with Gasteiger partial charge in [-0.05, 0) is 101 Å². The largest absolute Gasteiger partial charge is 0.464 e. The van der Waals surface area contributed by atoms with Crippen LogP contribution in [0.3, 0.4) is 0 Å². The molecule has 3 aliphatic rings. The lowest BCUT2D eigenvalue weighted by molar-refractivity contribution is -0.135. The number of amides is 3. The number of imidazole rings is 2. The van der Waals surface area contributed by atoms with E-state index in [1.54, 1.807) is 22.4 Å². The minimum Gasteiger partial charge on any atom is -0.464 e. The van der Waals surface area contributed by atoms with E-state index in [0.29, 0.717) is 53.0 Å². The first kappa shape index (κ1) is 43.1. The molecule has 336 valence electrons. The molecule has 6 heterocycles. The number of H-pyrrole nitrogens is 2. The molecule has 0 radical (unpaired) electrons. The van der Waals surface area contributed by atoms with Crippen LogP contribution in [0.1, 0.15) is 101 Å². The maximum absolute atomic E-state index is 16.8. The molecule has 1 aliphatic carbocycles. The molecule has 1 unspecified atom stereocenters. The normalized spacial score (nSPS) is 19.2. The van der Waals surface area contributed by atoms with Crippen molar-refractivity contribution in [1.29, 1.82) is 0 Å². The van der Waals surface area contributed by atoms with Crippen molar-refractivity contribution in [2.24, 2.45) is 11.8 Å². The summed E-state index contributed by atoms with van der Waals surface area (Å²) in [4.78, 5) is 61.0. The van der Waals surface area contributed by atoms with Gasteiger partial charge in [0.05, 0.1) is 65.1 Å². The number of methoxy groups -OCH3 is 1. The van der Waals surface area contributed by atoms with Crippen molar-refractivity contribution < 1.29 is 33.0 Å². The number of hydrogen-bond donors (Lipinski definition) is 3. The van der Waals surface area contributed by atoms with Crippen LogP contribution in [0.5, 0.6) is 5.75 Å². The van der Waals surface area contributed by atoms with Gasteiger partial charge in [0.1, 0.15) is 34.9 Å². The molecule has 3 N–H and O–H groups in total. The Morgan fingerprint density at radius 1 is 1.02 bits per heavy atom. The highest BCUT2D eigenvalue weighted by molar-refractivity contribution is 7.12. The lowest BCUT2D eigenvalue weighted by atomic mass is 10.0. The quantitative estimate of drug-likeness (QED) is 0.110. The summed E-state index contributed by atoms with van der Waals surface area (Å²) in [5.41, 5.74) is 4.18. The van der Waals surface area contributed by atoms with Crippen LogP contribution in [0.4, 0.5) is 14.0 Å². The fraction of sp³-hybridized carbons (Fsp3) is 0.438. The molecule has 9 rings (SSSR count). The third kappa shape index (κ3) is 8.12. The summed E-state index contributed by atoms with van der Waals surface area (Å²) in [5.74, 6) is 1.23. The van der Waals surface area contributed by atoms with Gasteiger partial charge in [-0.1, -0.05) is 33.8 Å². The number of alkyl carbamates (subject to hydrolysis) is 1. The topological polar surface area (TPSA) is 160 Å². The molecular formula is C48H55FN8O6S. The molecule has 4 aromatic heterocycles. The summed E-state index contributed by atoms with van der Waals surface area (Å²) in [6.45, 7) is 14.1. The molecule has 3 amide bonds. The van der Waals surface area contributed by atoms with Gasteiger partial charge >= 0.3 is 12.2 Å². The molecule has 1 saturated carbocycles. The van der Waals surface area contributed by atoms with Gasteiger partial charge in [0.15, 0.2) is 0 Å². The molecule has 1 saturated heterocycles. The van der Waals surface area contributed by atoms with Crippen LogP contribution in [-0.2, 0) is 27.2 Å². The van der Waals surface area contributed by atoms with Crippen molar-refractivity contribution in [1.82, 2.24) is 39.6 Å². The van der Waals surface area contributed by atoms with E-state index in [-0.39, 0.29) is 36.5 Å².